The van der Waals surface area contributed by atoms with Gasteiger partial charge < -0.3 is 15.2 Å². The van der Waals surface area contributed by atoms with Crippen LogP contribution < -0.4 is 5.73 Å². The van der Waals surface area contributed by atoms with E-state index in [1.807, 2.05) is 6.07 Å². The molecule has 1 aliphatic carbocycles. The van der Waals surface area contributed by atoms with Gasteiger partial charge in [0.2, 0.25) is 0 Å². The zero-order valence-electron chi connectivity index (χ0n) is 19.0. The van der Waals surface area contributed by atoms with E-state index in [0.717, 1.165) is 42.4 Å². The highest BCUT2D eigenvalue weighted by Gasteiger charge is 2.21. The first-order valence-corrected chi connectivity index (χ1v) is 12.3. The first kappa shape index (κ1) is 25.7. The minimum atomic E-state index is -0.334. The number of carbonyl (C=O) groups excluding carboxylic acids is 2. The van der Waals surface area contributed by atoms with E-state index in [1.54, 1.807) is 6.07 Å². The number of nitrogens with zero attached hydrogens (tertiary/aromatic N) is 1. The molecular weight excluding hydrogens is 460 g/mol. The molecule has 174 valence electrons. The summed E-state index contributed by atoms with van der Waals surface area (Å²) in [7, 11) is 0. The third kappa shape index (κ3) is 8.81. The Kier molecular flexibility index (Phi) is 11.4. The molecule has 0 saturated heterocycles. The van der Waals surface area contributed by atoms with Crippen LogP contribution >= 0.6 is 15.9 Å². The van der Waals surface area contributed by atoms with Crippen molar-refractivity contribution in [3.05, 3.63) is 27.7 Å². The minimum Gasteiger partial charge on any atom is -0.466 e. The van der Waals surface area contributed by atoms with Crippen LogP contribution in [0.4, 0.5) is 5.69 Å². The third-order valence-corrected chi connectivity index (χ3v) is 6.55. The number of unbranched alkanes of at least 4 members (excludes halogenated alkanes) is 2. The van der Waals surface area contributed by atoms with Gasteiger partial charge in [-0.05, 0) is 72.3 Å². The number of esters is 2. The monoisotopic (exact) mass is 496 g/mol. The number of anilines is 1. The van der Waals surface area contributed by atoms with Crippen molar-refractivity contribution in [1.29, 1.82) is 0 Å². The van der Waals surface area contributed by atoms with E-state index >= 15 is 0 Å². The van der Waals surface area contributed by atoms with Gasteiger partial charge in [-0.2, -0.15) is 0 Å². The van der Waals surface area contributed by atoms with Crippen molar-refractivity contribution >= 4 is 33.6 Å². The van der Waals surface area contributed by atoms with Crippen LogP contribution in [-0.4, -0.2) is 42.6 Å². The van der Waals surface area contributed by atoms with Crippen LogP contribution in [0.3, 0.4) is 0 Å². The number of hydrogen-bond donors (Lipinski definition) is 1. The molecule has 31 heavy (non-hydrogen) atoms. The fourth-order valence-electron chi connectivity index (χ4n) is 4.11. The maximum atomic E-state index is 12.6. The summed E-state index contributed by atoms with van der Waals surface area (Å²) in [6.07, 6.45) is 10.0. The summed E-state index contributed by atoms with van der Waals surface area (Å²) in [6, 6.07) is 4.19. The molecule has 0 atom stereocenters. The number of halogens is 1. The van der Waals surface area contributed by atoms with E-state index < -0.39 is 0 Å². The predicted octanol–water partition coefficient (Wildman–Crippen LogP) is 5.47. The number of hydrogen-bond acceptors (Lipinski definition) is 6. The quantitative estimate of drug-likeness (QED) is 0.189. The van der Waals surface area contributed by atoms with E-state index in [0.29, 0.717) is 30.5 Å². The SMILES string of the molecule is CCN(Cc1cc(C(=O)OCCCCCOC(C)=O)cc(Br)c1N)C1CCCCCC1. The molecular formula is C24H37BrN2O4. The normalized spacial score (nSPS) is 15.0. The second kappa shape index (κ2) is 13.7. The number of rotatable bonds is 11. The second-order valence-electron chi connectivity index (χ2n) is 8.28. The Morgan fingerprint density at radius 1 is 1.06 bits per heavy atom. The van der Waals surface area contributed by atoms with Gasteiger partial charge in [0.25, 0.3) is 0 Å². The molecule has 1 aliphatic rings. The smallest absolute Gasteiger partial charge is 0.338 e. The van der Waals surface area contributed by atoms with Gasteiger partial charge in [0, 0.05) is 24.0 Å². The van der Waals surface area contributed by atoms with Crippen molar-refractivity contribution in [3.63, 3.8) is 0 Å². The summed E-state index contributed by atoms with van der Waals surface area (Å²) < 4.78 is 11.1. The Morgan fingerprint density at radius 3 is 2.32 bits per heavy atom. The molecule has 2 rings (SSSR count). The molecule has 1 aromatic carbocycles. The van der Waals surface area contributed by atoms with Crippen LogP contribution in [-0.2, 0) is 20.8 Å². The molecule has 1 aromatic rings. The Bertz CT molecular complexity index is 718. The molecule has 0 heterocycles. The summed E-state index contributed by atoms with van der Waals surface area (Å²) in [5.41, 5.74) is 8.52. The number of nitrogen functional groups attached to an aromatic ring is 1. The Hall–Kier alpha value is -1.60. The van der Waals surface area contributed by atoms with Gasteiger partial charge in [-0.3, -0.25) is 9.69 Å². The highest BCUT2D eigenvalue weighted by Crippen LogP contribution is 2.29. The van der Waals surface area contributed by atoms with Gasteiger partial charge in [0.1, 0.15) is 0 Å². The predicted molar refractivity (Wildman–Crippen MR) is 127 cm³/mol. The van der Waals surface area contributed by atoms with Crippen LogP contribution in [0.25, 0.3) is 0 Å². The highest BCUT2D eigenvalue weighted by atomic mass is 79.9. The summed E-state index contributed by atoms with van der Waals surface area (Å²) in [5, 5.41) is 0. The lowest BCUT2D eigenvalue weighted by molar-refractivity contribution is -0.141. The minimum absolute atomic E-state index is 0.267. The summed E-state index contributed by atoms with van der Waals surface area (Å²) in [4.78, 5) is 25.8. The average molecular weight is 497 g/mol. The second-order valence-corrected chi connectivity index (χ2v) is 9.13. The van der Waals surface area contributed by atoms with E-state index in [-0.39, 0.29) is 11.9 Å². The molecule has 1 saturated carbocycles. The van der Waals surface area contributed by atoms with E-state index in [4.69, 9.17) is 15.2 Å². The maximum Gasteiger partial charge on any atom is 0.338 e. The van der Waals surface area contributed by atoms with Crippen molar-refractivity contribution in [2.24, 2.45) is 0 Å². The lowest BCUT2D eigenvalue weighted by Gasteiger charge is -2.30. The van der Waals surface area contributed by atoms with Crippen molar-refractivity contribution in [2.75, 3.05) is 25.5 Å². The molecule has 0 amide bonds. The van der Waals surface area contributed by atoms with Crippen molar-refractivity contribution < 1.29 is 19.1 Å². The first-order valence-electron chi connectivity index (χ1n) is 11.5. The molecule has 6 nitrogen and oxygen atoms in total. The Balaban J connectivity index is 1.93. The van der Waals surface area contributed by atoms with E-state index in [1.165, 1.54) is 45.4 Å². The first-order chi connectivity index (χ1) is 14.9. The number of benzene rings is 1. The molecule has 0 aliphatic heterocycles. The molecule has 0 spiro atoms. The Labute approximate surface area is 195 Å². The van der Waals surface area contributed by atoms with Crippen LogP contribution in [0.5, 0.6) is 0 Å². The standard InChI is InChI=1S/C24H37BrN2O4/c1-3-27(21-11-7-4-5-8-12-21)17-20-15-19(16-22(25)23(20)26)24(29)31-14-10-6-9-13-30-18(2)28/h15-16,21H,3-14,17,26H2,1-2H3. The van der Waals surface area contributed by atoms with Gasteiger partial charge in [-0.1, -0.05) is 32.6 Å². The summed E-state index contributed by atoms with van der Waals surface area (Å²) in [6.45, 7) is 6.05. The van der Waals surface area contributed by atoms with Crippen LogP contribution in [0.2, 0.25) is 0 Å². The van der Waals surface area contributed by atoms with Crippen LogP contribution in [0.15, 0.2) is 16.6 Å². The van der Waals surface area contributed by atoms with Crippen molar-refractivity contribution in [1.82, 2.24) is 4.90 Å². The fourth-order valence-corrected chi connectivity index (χ4v) is 4.61. The number of nitrogens with two attached hydrogens (primary N) is 1. The molecule has 0 bridgehead atoms. The average Bonchev–Trinajstić information content (AvgIpc) is 3.03. The van der Waals surface area contributed by atoms with E-state index in [9.17, 15) is 9.59 Å². The van der Waals surface area contributed by atoms with Crippen LogP contribution in [0, 0.1) is 0 Å². The number of ether oxygens (including phenoxy) is 2. The van der Waals surface area contributed by atoms with Crippen molar-refractivity contribution in [2.45, 2.75) is 84.2 Å². The fraction of sp³-hybridized carbons (Fsp3) is 0.667. The van der Waals surface area contributed by atoms with Gasteiger partial charge in [0.15, 0.2) is 0 Å². The molecule has 7 heteroatoms. The summed E-state index contributed by atoms with van der Waals surface area (Å²) >= 11 is 3.51. The molecule has 0 unspecified atom stereocenters. The van der Waals surface area contributed by atoms with Gasteiger partial charge >= 0.3 is 11.9 Å². The topological polar surface area (TPSA) is 81.9 Å². The Morgan fingerprint density at radius 2 is 1.71 bits per heavy atom. The zero-order valence-corrected chi connectivity index (χ0v) is 20.5. The van der Waals surface area contributed by atoms with Gasteiger partial charge in [0.05, 0.1) is 24.5 Å². The zero-order chi connectivity index (χ0) is 22.6. The number of carbonyl (C=O) groups is 2. The molecule has 1 fully saturated rings. The molecule has 2 N–H and O–H groups in total. The molecule has 0 aromatic heterocycles. The summed E-state index contributed by atoms with van der Waals surface area (Å²) in [5.74, 6) is -0.601. The van der Waals surface area contributed by atoms with Crippen LogP contribution in [0.1, 0.15) is 87.6 Å². The largest absolute Gasteiger partial charge is 0.466 e. The van der Waals surface area contributed by atoms with Crippen molar-refractivity contribution in [3.8, 4) is 0 Å². The molecule has 0 radical (unpaired) electrons. The van der Waals surface area contributed by atoms with Gasteiger partial charge in [-0.25, -0.2) is 4.79 Å². The van der Waals surface area contributed by atoms with E-state index in [2.05, 4.69) is 27.8 Å². The van der Waals surface area contributed by atoms with Gasteiger partial charge in [-0.15, -0.1) is 0 Å². The lowest BCUT2D eigenvalue weighted by atomic mass is 10.0. The maximum absolute atomic E-state index is 12.6. The highest BCUT2D eigenvalue weighted by molar-refractivity contribution is 9.10. The lowest BCUT2D eigenvalue weighted by Crippen LogP contribution is -2.34. The third-order valence-electron chi connectivity index (χ3n) is 5.90.